The van der Waals surface area contributed by atoms with Gasteiger partial charge in [0.1, 0.15) is 0 Å². The van der Waals surface area contributed by atoms with Crippen molar-refractivity contribution >= 4 is 55.0 Å². The number of para-hydroxylation sites is 4. The van der Waals surface area contributed by atoms with Crippen molar-refractivity contribution in [3.63, 3.8) is 0 Å². The SMILES string of the molecule is Nc1ccc(C2(c3ccc(N)cc3)c3cc(-c4ccc(-n5c6ccccc6c6ccccc65)cc4)ccc3-c3ccc(-c4ccc(-n5c6ccccc6c6ccccc65)cc4)cc32)cc1. The number of benzene rings is 10. The normalized spacial score (nSPS) is 12.9. The lowest BCUT2D eigenvalue weighted by molar-refractivity contribution is 0.769. The van der Waals surface area contributed by atoms with Crippen LogP contribution < -0.4 is 11.5 Å². The smallest absolute Gasteiger partial charge is 0.0714 e. The number of anilines is 2. The van der Waals surface area contributed by atoms with E-state index in [1.54, 1.807) is 0 Å². The maximum atomic E-state index is 6.41. The molecule has 4 heteroatoms. The second-order valence-electron chi connectivity index (χ2n) is 17.3. The molecule has 2 aromatic heterocycles. The van der Waals surface area contributed by atoms with Crippen molar-refractivity contribution in [2.45, 2.75) is 5.41 Å². The van der Waals surface area contributed by atoms with Crippen molar-refractivity contribution in [2.24, 2.45) is 0 Å². The highest BCUT2D eigenvalue weighted by Crippen LogP contribution is 2.57. The molecule has 0 aliphatic heterocycles. The van der Waals surface area contributed by atoms with E-state index in [1.165, 1.54) is 65.9 Å². The number of fused-ring (bicyclic) bond motifs is 9. The molecule has 1 aliphatic carbocycles. The van der Waals surface area contributed by atoms with Crippen LogP contribution in [0.2, 0.25) is 0 Å². The maximum absolute atomic E-state index is 6.41. The van der Waals surface area contributed by atoms with Crippen LogP contribution in [0.15, 0.2) is 231 Å². The quantitative estimate of drug-likeness (QED) is 0.164. The van der Waals surface area contributed by atoms with E-state index in [2.05, 4.69) is 215 Å². The molecule has 1 aliphatic rings. The van der Waals surface area contributed by atoms with Crippen molar-refractivity contribution in [1.82, 2.24) is 9.13 Å². The van der Waals surface area contributed by atoms with E-state index in [1.807, 2.05) is 24.3 Å². The van der Waals surface area contributed by atoms with E-state index >= 15 is 0 Å². The van der Waals surface area contributed by atoms with Crippen molar-refractivity contribution in [2.75, 3.05) is 11.5 Å². The summed E-state index contributed by atoms with van der Waals surface area (Å²) in [6.45, 7) is 0. The Labute approximate surface area is 376 Å². The van der Waals surface area contributed by atoms with Crippen LogP contribution in [0.4, 0.5) is 11.4 Å². The predicted molar refractivity (Wildman–Crippen MR) is 272 cm³/mol. The minimum atomic E-state index is -0.663. The van der Waals surface area contributed by atoms with Crippen LogP contribution in [0.3, 0.4) is 0 Å². The first-order valence-electron chi connectivity index (χ1n) is 22.2. The fourth-order valence-corrected chi connectivity index (χ4v) is 10.9. The van der Waals surface area contributed by atoms with Gasteiger partial charge in [-0.2, -0.15) is 0 Å². The number of nitrogens with two attached hydrogens (primary N) is 2. The first-order chi connectivity index (χ1) is 32.0. The number of nitrogen functional groups attached to an aromatic ring is 2. The van der Waals surface area contributed by atoms with Gasteiger partial charge in [0.05, 0.1) is 27.5 Å². The molecule has 0 spiro atoms. The van der Waals surface area contributed by atoms with Crippen LogP contribution in [-0.2, 0) is 5.41 Å². The van der Waals surface area contributed by atoms with Gasteiger partial charge >= 0.3 is 0 Å². The molecule has 10 aromatic carbocycles. The minimum absolute atomic E-state index is 0.663. The first-order valence-corrected chi connectivity index (χ1v) is 22.2. The lowest BCUT2D eigenvalue weighted by atomic mass is 9.67. The van der Waals surface area contributed by atoms with Crippen molar-refractivity contribution in [1.29, 1.82) is 0 Å². The standard InChI is InChI=1S/C61H42N4/c62-45-27-23-43(24-28-45)61(44-25-29-46(63)30-26-44)55-37-41(39-17-31-47(32-18-39)64-57-13-5-1-9-51(57)52-10-2-6-14-58(52)64)21-35-49(55)50-36-22-42(38-56(50)61)40-19-33-48(34-20-40)65-59-15-7-3-11-53(59)54-12-4-8-16-60(54)65/h1-38H,62-63H2. The van der Waals surface area contributed by atoms with Crippen LogP contribution in [0.5, 0.6) is 0 Å². The second kappa shape index (κ2) is 14.2. The van der Waals surface area contributed by atoms with E-state index in [4.69, 9.17) is 11.5 Å². The number of aromatic nitrogens is 2. The zero-order valence-electron chi connectivity index (χ0n) is 35.5. The Balaban J connectivity index is 0.963. The zero-order chi connectivity index (χ0) is 43.2. The van der Waals surface area contributed by atoms with Crippen LogP contribution in [-0.4, -0.2) is 9.13 Å². The highest BCUT2D eigenvalue weighted by molar-refractivity contribution is 6.10. The molecule has 0 saturated carbocycles. The first kappa shape index (κ1) is 37.0. The molecule has 0 saturated heterocycles. The van der Waals surface area contributed by atoms with Gasteiger partial charge in [0.15, 0.2) is 0 Å². The fourth-order valence-electron chi connectivity index (χ4n) is 10.9. The van der Waals surface area contributed by atoms with E-state index in [-0.39, 0.29) is 0 Å². The van der Waals surface area contributed by atoms with Gasteiger partial charge in [-0.1, -0.05) is 146 Å². The third-order valence-corrected chi connectivity index (χ3v) is 13.9. The van der Waals surface area contributed by atoms with Gasteiger partial charge in [0.25, 0.3) is 0 Å². The van der Waals surface area contributed by atoms with Crippen LogP contribution in [0.1, 0.15) is 22.3 Å². The van der Waals surface area contributed by atoms with E-state index in [0.29, 0.717) is 0 Å². The van der Waals surface area contributed by atoms with E-state index in [9.17, 15) is 0 Å². The van der Waals surface area contributed by atoms with E-state index < -0.39 is 5.41 Å². The number of nitrogens with zero attached hydrogens (tertiary/aromatic N) is 2. The van der Waals surface area contributed by atoms with Gasteiger partial charge in [-0.25, -0.2) is 0 Å². The van der Waals surface area contributed by atoms with Gasteiger partial charge in [-0.05, 0) is 141 Å². The molecule has 0 radical (unpaired) electrons. The third-order valence-electron chi connectivity index (χ3n) is 13.9. The minimum Gasteiger partial charge on any atom is -0.399 e. The zero-order valence-corrected chi connectivity index (χ0v) is 35.5. The van der Waals surface area contributed by atoms with Gasteiger partial charge in [0.2, 0.25) is 0 Å². The largest absolute Gasteiger partial charge is 0.399 e. The Morgan fingerprint density at radius 2 is 0.600 bits per heavy atom. The summed E-state index contributed by atoms with van der Waals surface area (Å²) in [7, 11) is 0. The molecule has 306 valence electrons. The Kier molecular flexibility index (Phi) is 8.09. The molecule has 12 aromatic rings. The molecular weight excluding hydrogens is 789 g/mol. The lowest BCUT2D eigenvalue weighted by Crippen LogP contribution is -2.28. The Morgan fingerprint density at radius 3 is 0.938 bits per heavy atom. The van der Waals surface area contributed by atoms with Crippen molar-refractivity contribution < 1.29 is 0 Å². The molecule has 0 amide bonds. The molecule has 0 fully saturated rings. The molecule has 65 heavy (non-hydrogen) atoms. The molecular formula is C61H42N4. The summed E-state index contributed by atoms with van der Waals surface area (Å²) in [6, 6.07) is 83.7. The summed E-state index contributed by atoms with van der Waals surface area (Å²) in [4.78, 5) is 0. The summed E-state index contributed by atoms with van der Waals surface area (Å²) in [6.07, 6.45) is 0. The molecule has 0 atom stereocenters. The number of rotatable bonds is 6. The van der Waals surface area contributed by atoms with Crippen LogP contribution >= 0.6 is 0 Å². The topological polar surface area (TPSA) is 61.9 Å². The summed E-state index contributed by atoms with van der Waals surface area (Å²) in [5.74, 6) is 0. The highest BCUT2D eigenvalue weighted by Gasteiger charge is 2.46. The maximum Gasteiger partial charge on any atom is 0.0714 e. The van der Waals surface area contributed by atoms with Gasteiger partial charge in [0, 0.05) is 44.3 Å². The summed E-state index contributed by atoms with van der Waals surface area (Å²) in [5.41, 5.74) is 32.5. The average Bonchev–Trinajstić information content (AvgIpc) is 3.99. The fraction of sp³-hybridized carbons (Fsp3) is 0.0164. The summed E-state index contributed by atoms with van der Waals surface area (Å²) >= 11 is 0. The molecule has 4 N–H and O–H groups in total. The Bertz CT molecular complexity index is 3450. The van der Waals surface area contributed by atoms with Gasteiger partial charge < -0.3 is 20.6 Å². The molecule has 13 rings (SSSR count). The molecule has 0 unspecified atom stereocenters. The second-order valence-corrected chi connectivity index (χ2v) is 17.3. The Hall–Kier alpha value is -8.60. The van der Waals surface area contributed by atoms with Crippen molar-refractivity contribution in [3.05, 3.63) is 253 Å². The van der Waals surface area contributed by atoms with E-state index in [0.717, 1.165) is 56.1 Å². The number of hydrogen-bond acceptors (Lipinski definition) is 2. The summed E-state index contributed by atoms with van der Waals surface area (Å²) < 4.78 is 4.74. The number of hydrogen-bond donors (Lipinski definition) is 2. The molecule has 4 nitrogen and oxygen atoms in total. The lowest BCUT2D eigenvalue weighted by Gasteiger charge is -2.34. The predicted octanol–water partition coefficient (Wildman–Crippen LogP) is 14.7. The third kappa shape index (κ3) is 5.51. The van der Waals surface area contributed by atoms with Crippen molar-refractivity contribution in [3.8, 4) is 44.8 Å². The van der Waals surface area contributed by atoms with Crippen LogP contribution in [0, 0.1) is 0 Å². The monoisotopic (exact) mass is 830 g/mol. The van der Waals surface area contributed by atoms with Crippen LogP contribution in [0.25, 0.3) is 88.4 Å². The average molecular weight is 831 g/mol. The Morgan fingerprint density at radius 1 is 0.292 bits per heavy atom. The molecule has 0 bridgehead atoms. The highest BCUT2D eigenvalue weighted by atomic mass is 15.0. The van der Waals surface area contributed by atoms with Gasteiger partial charge in [-0.15, -0.1) is 0 Å². The molecule has 2 heterocycles. The van der Waals surface area contributed by atoms with Gasteiger partial charge in [-0.3, -0.25) is 0 Å². The summed E-state index contributed by atoms with van der Waals surface area (Å²) in [5, 5.41) is 5.02.